The van der Waals surface area contributed by atoms with Crippen LogP contribution >= 0.6 is 34.8 Å². The van der Waals surface area contributed by atoms with Crippen molar-refractivity contribution in [1.82, 2.24) is 4.98 Å². The first-order valence-electron chi connectivity index (χ1n) is 4.94. The molecular formula is C12H5Cl3FNO2. The molecule has 0 saturated heterocycles. The number of hydrogen-bond acceptors (Lipinski definition) is 2. The number of carbonyl (C=O) groups is 1. The lowest BCUT2D eigenvalue weighted by Crippen LogP contribution is -2.02. The Morgan fingerprint density at radius 1 is 1.21 bits per heavy atom. The van der Waals surface area contributed by atoms with Gasteiger partial charge in [-0.2, -0.15) is 0 Å². The molecular weight excluding hydrogens is 315 g/mol. The van der Waals surface area contributed by atoms with Crippen LogP contribution in [0.4, 0.5) is 4.39 Å². The van der Waals surface area contributed by atoms with Gasteiger partial charge in [-0.3, -0.25) is 4.98 Å². The van der Waals surface area contributed by atoms with Crippen LogP contribution in [-0.4, -0.2) is 16.1 Å². The Labute approximate surface area is 122 Å². The highest BCUT2D eigenvalue weighted by Crippen LogP contribution is 2.36. The summed E-state index contributed by atoms with van der Waals surface area (Å²) in [7, 11) is 0. The molecule has 0 aliphatic heterocycles. The van der Waals surface area contributed by atoms with Crippen molar-refractivity contribution >= 4 is 40.8 Å². The number of carboxylic acids is 1. The Morgan fingerprint density at radius 2 is 1.89 bits per heavy atom. The average Bonchev–Trinajstić information content (AvgIpc) is 2.34. The summed E-state index contributed by atoms with van der Waals surface area (Å²) in [5.74, 6) is -2.33. The minimum absolute atomic E-state index is 0.168. The molecule has 1 aromatic heterocycles. The predicted molar refractivity (Wildman–Crippen MR) is 71.6 cm³/mol. The summed E-state index contributed by atoms with van der Waals surface area (Å²) in [4.78, 5) is 14.7. The molecule has 0 unspecified atom stereocenters. The van der Waals surface area contributed by atoms with E-state index >= 15 is 0 Å². The molecule has 0 radical (unpaired) electrons. The van der Waals surface area contributed by atoms with Crippen molar-refractivity contribution in [3.05, 3.63) is 50.8 Å². The van der Waals surface area contributed by atoms with Crippen molar-refractivity contribution in [2.75, 3.05) is 0 Å². The fraction of sp³-hybridized carbons (Fsp3) is 0. The van der Waals surface area contributed by atoms with E-state index in [4.69, 9.17) is 39.9 Å². The average molecular weight is 321 g/mol. The van der Waals surface area contributed by atoms with Crippen LogP contribution in [0, 0.1) is 5.82 Å². The van der Waals surface area contributed by atoms with Crippen molar-refractivity contribution in [1.29, 1.82) is 0 Å². The first-order valence-corrected chi connectivity index (χ1v) is 6.07. The maximum atomic E-state index is 13.3. The number of pyridine rings is 1. The summed E-state index contributed by atoms with van der Waals surface area (Å²) < 4.78 is 13.3. The zero-order valence-electron chi connectivity index (χ0n) is 9.12. The largest absolute Gasteiger partial charge is 0.478 e. The van der Waals surface area contributed by atoms with Crippen molar-refractivity contribution < 1.29 is 14.3 Å². The fourth-order valence-corrected chi connectivity index (χ4v) is 2.19. The monoisotopic (exact) mass is 319 g/mol. The van der Waals surface area contributed by atoms with Crippen molar-refractivity contribution in [3.63, 3.8) is 0 Å². The summed E-state index contributed by atoms with van der Waals surface area (Å²) in [6.07, 6.45) is 0.809. The number of aromatic nitrogens is 1. The number of rotatable bonds is 2. The van der Waals surface area contributed by atoms with E-state index < -0.39 is 17.3 Å². The van der Waals surface area contributed by atoms with E-state index in [1.165, 1.54) is 12.1 Å². The molecule has 7 heteroatoms. The third-order valence-electron chi connectivity index (χ3n) is 2.35. The van der Waals surface area contributed by atoms with E-state index in [1.54, 1.807) is 0 Å². The highest BCUT2D eigenvalue weighted by Gasteiger charge is 2.16. The number of nitrogens with zero attached hydrogens (tertiary/aromatic N) is 1. The molecule has 0 atom stereocenters. The van der Waals surface area contributed by atoms with E-state index in [-0.39, 0.29) is 15.7 Å². The van der Waals surface area contributed by atoms with Crippen molar-refractivity contribution in [2.24, 2.45) is 0 Å². The first-order chi connectivity index (χ1) is 8.90. The Balaban J connectivity index is 2.66. The maximum absolute atomic E-state index is 13.3. The number of benzene rings is 1. The van der Waals surface area contributed by atoms with Crippen molar-refractivity contribution in [2.45, 2.75) is 0 Å². The molecule has 98 valence electrons. The van der Waals surface area contributed by atoms with Gasteiger partial charge in [-0.25, -0.2) is 9.18 Å². The van der Waals surface area contributed by atoms with Crippen LogP contribution in [0.3, 0.4) is 0 Å². The Hall–Kier alpha value is -1.36. The second-order valence-electron chi connectivity index (χ2n) is 3.60. The number of hydrogen-bond donors (Lipinski definition) is 1. The van der Waals surface area contributed by atoms with Gasteiger partial charge in [0, 0.05) is 10.6 Å². The second-order valence-corrected chi connectivity index (χ2v) is 4.83. The van der Waals surface area contributed by atoms with E-state index in [0.29, 0.717) is 10.6 Å². The molecule has 2 rings (SSSR count). The number of aromatic carboxylic acids is 1. The first kappa shape index (κ1) is 14.1. The fourth-order valence-electron chi connectivity index (χ4n) is 1.49. The molecule has 0 fully saturated rings. The van der Waals surface area contributed by atoms with Gasteiger partial charge in [0.25, 0.3) is 0 Å². The van der Waals surface area contributed by atoms with E-state index in [1.807, 2.05) is 0 Å². The SMILES string of the molecule is O=C(O)c1cc(-c2cc(Cl)cc(Cl)c2Cl)ncc1F. The lowest BCUT2D eigenvalue weighted by Gasteiger charge is -2.07. The molecule has 0 aliphatic rings. The topological polar surface area (TPSA) is 50.2 Å². The Bertz CT molecular complexity index is 676. The highest BCUT2D eigenvalue weighted by atomic mass is 35.5. The summed E-state index contributed by atoms with van der Waals surface area (Å²) in [5.41, 5.74) is 0.00651. The second kappa shape index (κ2) is 5.33. The Morgan fingerprint density at radius 3 is 2.53 bits per heavy atom. The molecule has 1 aromatic carbocycles. The number of carboxylic acid groups (broad SMARTS) is 1. The third-order valence-corrected chi connectivity index (χ3v) is 3.37. The van der Waals surface area contributed by atoms with Crippen LogP contribution in [0.2, 0.25) is 15.1 Å². The molecule has 3 nitrogen and oxygen atoms in total. The van der Waals surface area contributed by atoms with Gasteiger partial charge in [0.05, 0.1) is 27.5 Å². The van der Waals surface area contributed by atoms with Crippen LogP contribution < -0.4 is 0 Å². The third kappa shape index (κ3) is 2.81. The van der Waals surface area contributed by atoms with Gasteiger partial charge in [-0.05, 0) is 18.2 Å². The maximum Gasteiger partial charge on any atom is 0.338 e. The van der Waals surface area contributed by atoms with Gasteiger partial charge >= 0.3 is 5.97 Å². The lowest BCUT2D eigenvalue weighted by molar-refractivity contribution is 0.0691. The van der Waals surface area contributed by atoms with Crippen molar-refractivity contribution in [3.8, 4) is 11.3 Å². The van der Waals surface area contributed by atoms with E-state index in [0.717, 1.165) is 12.3 Å². The molecule has 1 heterocycles. The summed E-state index contributed by atoms with van der Waals surface area (Å²) in [6, 6.07) is 3.99. The summed E-state index contributed by atoms with van der Waals surface area (Å²) in [5, 5.41) is 9.54. The minimum Gasteiger partial charge on any atom is -0.478 e. The molecule has 0 saturated carbocycles. The molecule has 19 heavy (non-hydrogen) atoms. The van der Waals surface area contributed by atoms with Crippen LogP contribution in [-0.2, 0) is 0 Å². The summed E-state index contributed by atoms with van der Waals surface area (Å²) in [6.45, 7) is 0. The van der Waals surface area contributed by atoms with Gasteiger partial charge < -0.3 is 5.11 Å². The Kier molecular flexibility index (Phi) is 3.94. The normalized spacial score (nSPS) is 10.5. The van der Waals surface area contributed by atoms with E-state index in [9.17, 15) is 9.18 Å². The molecule has 1 N–H and O–H groups in total. The molecule has 2 aromatic rings. The minimum atomic E-state index is -1.40. The number of halogens is 4. The van der Waals surface area contributed by atoms with Gasteiger partial charge in [0.2, 0.25) is 0 Å². The van der Waals surface area contributed by atoms with Gasteiger partial charge in [-0.1, -0.05) is 34.8 Å². The zero-order chi connectivity index (χ0) is 14.2. The van der Waals surface area contributed by atoms with Crippen LogP contribution in [0.5, 0.6) is 0 Å². The highest BCUT2D eigenvalue weighted by molar-refractivity contribution is 6.45. The van der Waals surface area contributed by atoms with E-state index in [2.05, 4.69) is 4.98 Å². The van der Waals surface area contributed by atoms with Crippen LogP contribution in [0.15, 0.2) is 24.4 Å². The lowest BCUT2D eigenvalue weighted by atomic mass is 10.1. The quantitative estimate of drug-likeness (QED) is 0.826. The van der Waals surface area contributed by atoms with Crippen LogP contribution in [0.1, 0.15) is 10.4 Å². The predicted octanol–water partition coefficient (Wildman–Crippen LogP) is 4.55. The smallest absolute Gasteiger partial charge is 0.338 e. The standard InChI is InChI=1S/C12H5Cl3FNO2/c13-5-1-7(11(15)8(14)2-5)10-3-6(12(18)19)9(16)4-17-10/h1-4H,(H,18,19). The van der Waals surface area contributed by atoms with Gasteiger partial charge in [0.1, 0.15) is 0 Å². The van der Waals surface area contributed by atoms with Gasteiger partial charge in [-0.15, -0.1) is 0 Å². The zero-order valence-corrected chi connectivity index (χ0v) is 11.4. The molecule has 0 amide bonds. The summed E-state index contributed by atoms with van der Waals surface area (Å²) >= 11 is 17.7. The molecule has 0 spiro atoms. The molecule has 0 aliphatic carbocycles. The van der Waals surface area contributed by atoms with Crippen LogP contribution in [0.25, 0.3) is 11.3 Å². The van der Waals surface area contributed by atoms with Gasteiger partial charge in [0.15, 0.2) is 5.82 Å². The molecule has 0 bridgehead atoms.